The van der Waals surface area contributed by atoms with E-state index in [1.807, 2.05) is 43.9 Å². The van der Waals surface area contributed by atoms with Crippen LogP contribution < -0.4 is 10.5 Å². The van der Waals surface area contributed by atoms with Crippen molar-refractivity contribution in [1.82, 2.24) is 4.90 Å². The first kappa shape index (κ1) is 14.9. The molecule has 2 N–H and O–H groups in total. The zero-order valence-corrected chi connectivity index (χ0v) is 12.6. The number of carbonyl (C=O) groups excluding carboxylic acids is 1. The van der Waals surface area contributed by atoms with E-state index in [0.29, 0.717) is 0 Å². The van der Waals surface area contributed by atoms with Crippen molar-refractivity contribution in [2.45, 2.75) is 45.8 Å². The molecule has 2 rings (SSSR count). The molecule has 1 saturated heterocycles. The molecule has 1 aromatic carbocycles. The molecule has 4 heteroatoms. The number of benzene rings is 1. The molecule has 0 radical (unpaired) electrons. The van der Waals surface area contributed by atoms with Crippen LogP contribution in [0.5, 0.6) is 5.75 Å². The predicted molar refractivity (Wildman–Crippen MR) is 79.7 cm³/mol. The smallest absolute Gasteiger partial charge is 0.263 e. The highest BCUT2D eigenvalue weighted by Gasteiger charge is 2.25. The molecule has 0 aliphatic carbocycles. The Kier molecular flexibility index (Phi) is 4.65. The van der Waals surface area contributed by atoms with Crippen molar-refractivity contribution in [2.75, 3.05) is 13.1 Å². The minimum atomic E-state index is -0.465. The fraction of sp³-hybridized carbons (Fsp3) is 0.562. The normalized spacial score (nSPS) is 17.9. The zero-order valence-electron chi connectivity index (χ0n) is 12.6. The van der Waals surface area contributed by atoms with Crippen LogP contribution >= 0.6 is 0 Å². The van der Waals surface area contributed by atoms with Crippen LogP contribution in [0.15, 0.2) is 18.2 Å². The Bertz CT molecular complexity index is 479. The van der Waals surface area contributed by atoms with Crippen molar-refractivity contribution in [3.8, 4) is 5.75 Å². The first-order valence-electron chi connectivity index (χ1n) is 7.30. The molecular weight excluding hydrogens is 252 g/mol. The van der Waals surface area contributed by atoms with Crippen molar-refractivity contribution in [2.24, 2.45) is 5.73 Å². The molecule has 1 heterocycles. The second-order valence-corrected chi connectivity index (χ2v) is 5.62. The van der Waals surface area contributed by atoms with E-state index in [1.165, 1.54) is 0 Å². The van der Waals surface area contributed by atoms with E-state index in [1.54, 1.807) is 0 Å². The van der Waals surface area contributed by atoms with Crippen molar-refractivity contribution in [3.05, 3.63) is 29.3 Å². The summed E-state index contributed by atoms with van der Waals surface area (Å²) in [5, 5.41) is 0. The first-order valence-corrected chi connectivity index (χ1v) is 7.30. The lowest BCUT2D eigenvalue weighted by Gasteiger charge is -2.23. The second kappa shape index (κ2) is 6.27. The average molecular weight is 276 g/mol. The van der Waals surface area contributed by atoms with Gasteiger partial charge >= 0.3 is 0 Å². The van der Waals surface area contributed by atoms with Crippen LogP contribution in [0.4, 0.5) is 0 Å². The summed E-state index contributed by atoms with van der Waals surface area (Å²) < 4.78 is 5.89. The van der Waals surface area contributed by atoms with Crippen molar-refractivity contribution < 1.29 is 9.53 Å². The third-order valence-electron chi connectivity index (χ3n) is 3.73. The molecule has 110 valence electrons. The standard InChI is InChI=1S/C16H24N2O2/c1-11-6-7-14(12(2)17)15(10-11)20-13(3)16(19)18-8-4-5-9-18/h6-7,10,12-13H,4-5,8-9,17H2,1-3H3. The molecule has 0 spiro atoms. The van der Waals surface area contributed by atoms with Crippen LogP contribution in [0.1, 0.15) is 43.9 Å². The summed E-state index contributed by atoms with van der Waals surface area (Å²) in [6.45, 7) is 7.43. The maximum absolute atomic E-state index is 12.3. The number of hydrogen-bond acceptors (Lipinski definition) is 3. The Morgan fingerprint density at radius 2 is 1.95 bits per heavy atom. The number of nitrogens with zero attached hydrogens (tertiary/aromatic N) is 1. The summed E-state index contributed by atoms with van der Waals surface area (Å²) >= 11 is 0. The summed E-state index contributed by atoms with van der Waals surface area (Å²) in [5.74, 6) is 0.791. The molecule has 1 amide bonds. The molecule has 1 aromatic rings. The maximum atomic E-state index is 12.3. The third kappa shape index (κ3) is 3.31. The molecule has 0 aromatic heterocycles. The summed E-state index contributed by atoms with van der Waals surface area (Å²) in [6, 6.07) is 5.83. The van der Waals surface area contributed by atoms with E-state index in [9.17, 15) is 4.79 Å². The largest absolute Gasteiger partial charge is 0.481 e. The van der Waals surface area contributed by atoms with E-state index >= 15 is 0 Å². The number of likely N-dealkylation sites (tertiary alicyclic amines) is 1. The van der Waals surface area contributed by atoms with Crippen molar-refractivity contribution in [3.63, 3.8) is 0 Å². The van der Waals surface area contributed by atoms with Crippen LogP contribution in [0.3, 0.4) is 0 Å². The molecule has 4 nitrogen and oxygen atoms in total. The highest BCUT2D eigenvalue weighted by atomic mass is 16.5. The SMILES string of the molecule is Cc1ccc(C(C)N)c(OC(C)C(=O)N2CCCC2)c1. The topological polar surface area (TPSA) is 55.6 Å². The molecular formula is C16H24N2O2. The number of hydrogen-bond donors (Lipinski definition) is 1. The van der Waals surface area contributed by atoms with Crippen LogP contribution in [0, 0.1) is 6.92 Å². The van der Waals surface area contributed by atoms with Gasteiger partial charge in [0.25, 0.3) is 5.91 Å². The monoisotopic (exact) mass is 276 g/mol. The van der Waals surface area contributed by atoms with Gasteiger partial charge in [-0.1, -0.05) is 12.1 Å². The number of rotatable bonds is 4. The molecule has 1 fully saturated rings. The fourth-order valence-corrected chi connectivity index (χ4v) is 2.56. The van der Waals surface area contributed by atoms with E-state index < -0.39 is 6.10 Å². The summed E-state index contributed by atoms with van der Waals surface area (Å²) in [4.78, 5) is 14.2. The van der Waals surface area contributed by atoms with Gasteiger partial charge in [-0.3, -0.25) is 4.79 Å². The Morgan fingerprint density at radius 3 is 2.55 bits per heavy atom. The lowest BCUT2D eigenvalue weighted by atomic mass is 10.1. The second-order valence-electron chi connectivity index (χ2n) is 5.62. The Balaban J connectivity index is 2.12. The highest BCUT2D eigenvalue weighted by molar-refractivity contribution is 5.81. The molecule has 0 saturated carbocycles. The predicted octanol–water partition coefficient (Wildman–Crippen LogP) is 2.40. The van der Waals surface area contributed by atoms with E-state index in [-0.39, 0.29) is 11.9 Å². The first-order chi connectivity index (χ1) is 9.49. The quantitative estimate of drug-likeness (QED) is 0.918. The van der Waals surface area contributed by atoms with Crippen LogP contribution in [0.2, 0.25) is 0 Å². The summed E-state index contributed by atoms with van der Waals surface area (Å²) in [7, 11) is 0. The highest BCUT2D eigenvalue weighted by Crippen LogP contribution is 2.26. The molecule has 20 heavy (non-hydrogen) atoms. The van der Waals surface area contributed by atoms with Gasteiger partial charge in [-0.05, 0) is 45.2 Å². The van der Waals surface area contributed by atoms with Crippen molar-refractivity contribution in [1.29, 1.82) is 0 Å². The third-order valence-corrected chi connectivity index (χ3v) is 3.73. The van der Waals surface area contributed by atoms with Gasteiger partial charge in [0, 0.05) is 24.7 Å². The van der Waals surface area contributed by atoms with Gasteiger partial charge in [0.05, 0.1) is 0 Å². The number of nitrogens with two attached hydrogens (primary N) is 1. The van der Waals surface area contributed by atoms with Gasteiger partial charge in [0.15, 0.2) is 6.10 Å². The molecule has 1 aliphatic rings. The minimum Gasteiger partial charge on any atom is -0.481 e. The van der Waals surface area contributed by atoms with E-state index in [4.69, 9.17) is 10.5 Å². The molecule has 2 atom stereocenters. The van der Waals surface area contributed by atoms with E-state index in [2.05, 4.69) is 0 Å². The Hall–Kier alpha value is -1.55. The lowest BCUT2D eigenvalue weighted by Crippen LogP contribution is -2.38. The van der Waals surface area contributed by atoms with Gasteiger partial charge < -0.3 is 15.4 Å². The van der Waals surface area contributed by atoms with Gasteiger partial charge in [0.2, 0.25) is 0 Å². The zero-order chi connectivity index (χ0) is 14.7. The van der Waals surface area contributed by atoms with Crippen LogP contribution in [0.25, 0.3) is 0 Å². The number of aryl methyl sites for hydroxylation is 1. The fourth-order valence-electron chi connectivity index (χ4n) is 2.56. The van der Waals surface area contributed by atoms with E-state index in [0.717, 1.165) is 42.8 Å². The van der Waals surface area contributed by atoms with Crippen LogP contribution in [-0.2, 0) is 4.79 Å². The number of amides is 1. The molecule has 1 aliphatic heterocycles. The van der Waals surface area contributed by atoms with Gasteiger partial charge in [-0.2, -0.15) is 0 Å². The summed E-state index contributed by atoms with van der Waals surface area (Å²) in [5.41, 5.74) is 8.01. The molecule has 2 unspecified atom stereocenters. The number of ether oxygens (including phenoxy) is 1. The van der Waals surface area contributed by atoms with Crippen LogP contribution in [-0.4, -0.2) is 30.0 Å². The summed E-state index contributed by atoms with van der Waals surface area (Å²) in [6.07, 6.45) is 1.72. The number of carbonyl (C=O) groups is 1. The lowest BCUT2D eigenvalue weighted by molar-refractivity contribution is -0.136. The minimum absolute atomic E-state index is 0.0691. The molecule has 0 bridgehead atoms. The maximum Gasteiger partial charge on any atom is 0.263 e. The van der Waals surface area contributed by atoms with Gasteiger partial charge in [-0.25, -0.2) is 0 Å². The van der Waals surface area contributed by atoms with Gasteiger partial charge in [-0.15, -0.1) is 0 Å². The van der Waals surface area contributed by atoms with Gasteiger partial charge in [0.1, 0.15) is 5.75 Å². The average Bonchev–Trinajstić information content (AvgIpc) is 2.91. The van der Waals surface area contributed by atoms with Crippen molar-refractivity contribution >= 4 is 5.91 Å². The Morgan fingerprint density at radius 1 is 1.30 bits per heavy atom. The Labute approximate surface area is 120 Å².